The largest absolute Gasteiger partial charge is 0.504 e. The van der Waals surface area contributed by atoms with Crippen molar-refractivity contribution in [3.63, 3.8) is 0 Å². The molecule has 2 heterocycles. The molecule has 142 valence electrons. The molecule has 1 fully saturated rings. The first-order chi connectivity index (χ1) is 13.0. The Bertz CT molecular complexity index is 904. The number of phenols is 1. The van der Waals surface area contributed by atoms with Crippen LogP contribution in [0.4, 0.5) is 0 Å². The van der Waals surface area contributed by atoms with Gasteiger partial charge < -0.3 is 24.6 Å². The number of hydrogen-bond donors (Lipinski definition) is 3. The normalized spacial score (nSPS) is 23.5. The van der Waals surface area contributed by atoms with Crippen molar-refractivity contribution in [2.24, 2.45) is 5.92 Å². The summed E-state index contributed by atoms with van der Waals surface area (Å²) in [7, 11) is 3.07. The van der Waals surface area contributed by atoms with Gasteiger partial charge in [0.25, 0.3) is 0 Å². The fourth-order valence-corrected chi connectivity index (χ4v) is 3.99. The van der Waals surface area contributed by atoms with Gasteiger partial charge in [0.2, 0.25) is 5.91 Å². The van der Waals surface area contributed by atoms with Gasteiger partial charge in [-0.3, -0.25) is 10.1 Å². The van der Waals surface area contributed by atoms with Crippen molar-refractivity contribution in [1.29, 1.82) is 0 Å². The number of carbonyl (C=O) groups excluding carboxylic acids is 1. The minimum Gasteiger partial charge on any atom is -0.504 e. The highest BCUT2D eigenvalue weighted by molar-refractivity contribution is 9.10. The molecule has 3 N–H and O–H groups in total. The summed E-state index contributed by atoms with van der Waals surface area (Å²) in [5.74, 6) is 1.19. The van der Waals surface area contributed by atoms with Crippen LogP contribution in [0.3, 0.4) is 0 Å². The van der Waals surface area contributed by atoms with Crippen molar-refractivity contribution in [1.82, 2.24) is 10.6 Å². The van der Waals surface area contributed by atoms with Gasteiger partial charge in [-0.25, -0.2) is 0 Å². The third-order valence-electron chi connectivity index (χ3n) is 4.86. The van der Waals surface area contributed by atoms with Gasteiger partial charge in [-0.05, 0) is 36.2 Å². The summed E-state index contributed by atoms with van der Waals surface area (Å²) in [6.45, 7) is 0. The van der Waals surface area contributed by atoms with Crippen molar-refractivity contribution in [2.75, 3.05) is 14.2 Å². The lowest BCUT2D eigenvalue weighted by Crippen LogP contribution is -2.60. The molecule has 0 spiro atoms. The molecule has 8 heteroatoms. The topological polar surface area (TPSA) is 89.1 Å². The van der Waals surface area contributed by atoms with Gasteiger partial charge >= 0.3 is 0 Å². The van der Waals surface area contributed by atoms with Crippen LogP contribution in [0.1, 0.15) is 17.3 Å². The van der Waals surface area contributed by atoms with E-state index < -0.39 is 12.4 Å². The van der Waals surface area contributed by atoms with E-state index in [1.165, 1.54) is 13.2 Å². The quantitative estimate of drug-likeness (QED) is 0.687. The molecule has 3 unspecified atom stereocenters. The third-order valence-corrected chi connectivity index (χ3v) is 5.32. The zero-order valence-corrected chi connectivity index (χ0v) is 16.4. The van der Waals surface area contributed by atoms with Crippen LogP contribution in [-0.4, -0.2) is 31.5 Å². The molecule has 1 amide bonds. The SMILES string of the molecule is COc1cc(C2NC(=O)C3Cc4cc(Br)cc(OC)c4OC3N2)ccc1O. The molecule has 0 bridgehead atoms. The fourth-order valence-electron chi connectivity index (χ4n) is 3.50. The average Bonchev–Trinajstić information content (AvgIpc) is 2.66. The lowest BCUT2D eigenvalue weighted by atomic mass is 9.90. The molecule has 7 nitrogen and oxygen atoms in total. The van der Waals surface area contributed by atoms with Gasteiger partial charge in [-0.15, -0.1) is 0 Å². The van der Waals surface area contributed by atoms with Crippen molar-refractivity contribution in [3.05, 3.63) is 45.9 Å². The number of hydrogen-bond acceptors (Lipinski definition) is 6. The molecule has 0 aliphatic carbocycles. The summed E-state index contributed by atoms with van der Waals surface area (Å²) in [6.07, 6.45) is -0.414. The van der Waals surface area contributed by atoms with E-state index in [9.17, 15) is 9.90 Å². The molecule has 0 saturated carbocycles. The number of fused-ring (bicyclic) bond motifs is 2. The van der Waals surface area contributed by atoms with Crippen LogP contribution in [0, 0.1) is 5.92 Å². The second-order valence-corrected chi connectivity index (χ2v) is 7.40. The lowest BCUT2D eigenvalue weighted by Gasteiger charge is -2.41. The molecular formula is C19H19BrN2O5. The number of carbonyl (C=O) groups is 1. The van der Waals surface area contributed by atoms with E-state index in [-0.39, 0.29) is 17.6 Å². The molecule has 4 rings (SSSR count). The summed E-state index contributed by atoms with van der Waals surface area (Å²) in [4.78, 5) is 12.7. The second-order valence-electron chi connectivity index (χ2n) is 6.48. The highest BCUT2D eigenvalue weighted by atomic mass is 79.9. The monoisotopic (exact) mass is 434 g/mol. The predicted molar refractivity (Wildman–Crippen MR) is 101 cm³/mol. The maximum atomic E-state index is 12.7. The van der Waals surface area contributed by atoms with Gasteiger partial charge in [0.05, 0.1) is 20.1 Å². The Kier molecular flexibility index (Phi) is 4.61. The van der Waals surface area contributed by atoms with Crippen LogP contribution in [-0.2, 0) is 11.2 Å². The van der Waals surface area contributed by atoms with Crippen LogP contribution in [0.5, 0.6) is 23.0 Å². The van der Waals surface area contributed by atoms with E-state index >= 15 is 0 Å². The van der Waals surface area contributed by atoms with Crippen LogP contribution in [0.25, 0.3) is 0 Å². The summed E-state index contributed by atoms with van der Waals surface area (Å²) >= 11 is 3.46. The fraction of sp³-hybridized carbons (Fsp3) is 0.316. The van der Waals surface area contributed by atoms with Gasteiger partial charge in [0.15, 0.2) is 29.2 Å². The molecule has 1 saturated heterocycles. The molecule has 2 aliphatic rings. The van der Waals surface area contributed by atoms with Crippen molar-refractivity contribution < 1.29 is 24.1 Å². The van der Waals surface area contributed by atoms with E-state index in [2.05, 4.69) is 26.6 Å². The molecule has 0 aromatic heterocycles. The Morgan fingerprint density at radius 2 is 1.96 bits per heavy atom. The maximum Gasteiger partial charge on any atom is 0.230 e. The minimum absolute atomic E-state index is 0.0411. The molecule has 27 heavy (non-hydrogen) atoms. The number of amides is 1. The zero-order chi connectivity index (χ0) is 19.1. The first kappa shape index (κ1) is 17.9. The van der Waals surface area contributed by atoms with Crippen molar-refractivity contribution in [2.45, 2.75) is 18.8 Å². The standard InChI is InChI=1S/C19H19BrN2O5/c1-25-14-7-9(3-4-13(14)23)17-21-18(24)12-6-10-5-11(20)8-15(26-2)16(10)27-19(12)22-17/h3-5,7-8,12,17,19,22-23H,6H2,1-2H3,(H,21,24). The highest BCUT2D eigenvalue weighted by Gasteiger charge is 2.42. The smallest absolute Gasteiger partial charge is 0.230 e. The van der Waals surface area contributed by atoms with Crippen LogP contribution in [0.2, 0.25) is 0 Å². The molecule has 0 radical (unpaired) electrons. The number of rotatable bonds is 3. The lowest BCUT2D eigenvalue weighted by molar-refractivity contribution is -0.135. The van der Waals surface area contributed by atoms with Gasteiger partial charge in [-0.2, -0.15) is 0 Å². The summed E-state index contributed by atoms with van der Waals surface area (Å²) in [5, 5.41) is 16.1. The van der Waals surface area contributed by atoms with Gasteiger partial charge in [0, 0.05) is 10.0 Å². The molecule has 2 aliphatic heterocycles. The molecule has 2 aromatic carbocycles. The number of methoxy groups -OCH3 is 2. The Balaban J connectivity index is 1.64. The van der Waals surface area contributed by atoms with E-state index in [0.29, 0.717) is 23.7 Å². The van der Waals surface area contributed by atoms with E-state index in [4.69, 9.17) is 14.2 Å². The number of aromatic hydroxyl groups is 1. The first-order valence-corrected chi connectivity index (χ1v) is 9.26. The van der Waals surface area contributed by atoms with Crippen molar-refractivity contribution >= 4 is 21.8 Å². The number of ether oxygens (including phenoxy) is 3. The molecular weight excluding hydrogens is 416 g/mol. The van der Waals surface area contributed by atoms with Crippen LogP contribution < -0.4 is 24.8 Å². The summed E-state index contributed by atoms with van der Waals surface area (Å²) in [5.41, 5.74) is 1.68. The number of nitrogens with one attached hydrogen (secondary N) is 2. The van der Waals surface area contributed by atoms with E-state index in [1.807, 2.05) is 12.1 Å². The molecule has 3 atom stereocenters. The van der Waals surface area contributed by atoms with Crippen molar-refractivity contribution in [3.8, 4) is 23.0 Å². The Hall–Kier alpha value is -2.45. The third kappa shape index (κ3) is 3.19. The molecule has 2 aromatic rings. The predicted octanol–water partition coefficient (Wildman–Crippen LogP) is 2.47. The Morgan fingerprint density at radius 1 is 1.19 bits per heavy atom. The van der Waals surface area contributed by atoms with E-state index in [0.717, 1.165) is 15.6 Å². The minimum atomic E-state index is -0.494. The number of benzene rings is 2. The van der Waals surface area contributed by atoms with E-state index in [1.54, 1.807) is 19.2 Å². The number of phenolic OH excluding ortho intramolecular Hbond substituents is 1. The van der Waals surface area contributed by atoms with Gasteiger partial charge in [0.1, 0.15) is 6.17 Å². The Labute approximate surface area is 164 Å². The average molecular weight is 435 g/mol. The van der Waals surface area contributed by atoms with Crippen LogP contribution >= 0.6 is 15.9 Å². The Morgan fingerprint density at radius 3 is 2.70 bits per heavy atom. The van der Waals surface area contributed by atoms with Crippen LogP contribution in [0.15, 0.2) is 34.8 Å². The highest BCUT2D eigenvalue weighted by Crippen LogP contribution is 2.42. The number of halogens is 1. The zero-order valence-electron chi connectivity index (χ0n) is 14.8. The summed E-state index contributed by atoms with van der Waals surface area (Å²) < 4.78 is 17.6. The maximum absolute atomic E-state index is 12.7. The second kappa shape index (κ2) is 6.94. The first-order valence-electron chi connectivity index (χ1n) is 8.46. The summed E-state index contributed by atoms with van der Waals surface area (Å²) in [6, 6.07) is 8.72. The van der Waals surface area contributed by atoms with Gasteiger partial charge in [-0.1, -0.05) is 22.0 Å².